The van der Waals surface area contributed by atoms with E-state index in [1.54, 1.807) is 37.3 Å². The van der Waals surface area contributed by atoms with Crippen LogP contribution in [0.3, 0.4) is 0 Å². The van der Waals surface area contributed by atoms with Crippen LogP contribution in [0, 0.1) is 0 Å². The average molecular weight is 527 g/mol. The number of nitrogens with one attached hydrogen (secondary N) is 3. The van der Waals surface area contributed by atoms with E-state index in [4.69, 9.17) is 10.8 Å². The number of aliphatic hydroxyl groups excluding tert-OH is 4. The zero-order valence-corrected chi connectivity index (χ0v) is 20.9. The van der Waals surface area contributed by atoms with Gasteiger partial charge in [-0.3, -0.25) is 19.2 Å². The molecule has 10 N–H and O–H groups in total. The number of carbonyl (C=O) groups excluding carboxylic acids is 3. The Morgan fingerprint density at radius 2 is 1.51 bits per heavy atom. The first-order valence-electron chi connectivity index (χ1n) is 12.0. The topological polar surface area (TPSA) is 232 Å². The summed E-state index contributed by atoms with van der Waals surface area (Å²) in [6.07, 6.45) is -5.68. The molecule has 1 rings (SSSR count). The molecule has 0 saturated carbocycles. The summed E-state index contributed by atoms with van der Waals surface area (Å²) in [5.74, 6) is -3.73. The maximum Gasteiger partial charge on any atom is 0.305 e. The molecule has 0 radical (unpaired) electrons. The SMILES string of the molecule is CCC[C@H](N)C(=O)N[C@@H](CC)C(=O)N[C@@H](CO)[C@@H](O)[C@@H](O)[C@H](O)C(=O)N[C@@H](CC(=O)O)c1ccccc1. The number of hydrogen-bond acceptors (Lipinski definition) is 9. The number of amides is 3. The van der Waals surface area contributed by atoms with Gasteiger partial charge in [0.2, 0.25) is 11.8 Å². The molecule has 1 aromatic carbocycles. The van der Waals surface area contributed by atoms with Crippen LogP contribution in [0.4, 0.5) is 0 Å². The van der Waals surface area contributed by atoms with Crippen LogP contribution < -0.4 is 21.7 Å². The molecule has 0 saturated heterocycles. The lowest BCUT2D eigenvalue weighted by molar-refractivity contribution is -0.145. The number of hydrogen-bond donors (Lipinski definition) is 9. The van der Waals surface area contributed by atoms with E-state index in [1.807, 2.05) is 6.92 Å². The standard InChI is InChI=1S/C24H38N4O9/c1-3-8-14(25)22(35)26-15(4-2)23(36)28-17(12-29)19(32)20(33)21(34)24(37)27-16(11-18(30)31)13-9-6-5-7-10-13/h5-7,9-10,14-17,19-21,29,32-34H,3-4,8,11-12,25H2,1-2H3,(H,26,35)(H,27,37)(H,28,36)(H,30,31)/t14-,15-,16-,17-,19+,20+,21-/m0/s1. The van der Waals surface area contributed by atoms with Crippen molar-refractivity contribution in [3.05, 3.63) is 35.9 Å². The molecule has 0 bridgehead atoms. The summed E-state index contributed by atoms with van der Waals surface area (Å²) in [6.45, 7) is 2.59. The first-order valence-corrected chi connectivity index (χ1v) is 12.0. The Morgan fingerprint density at radius 1 is 0.892 bits per heavy atom. The number of benzene rings is 1. The molecule has 0 aliphatic carbocycles. The lowest BCUT2D eigenvalue weighted by Gasteiger charge is -2.30. The van der Waals surface area contributed by atoms with Gasteiger partial charge >= 0.3 is 5.97 Å². The third kappa shape index (κ3) is 10.1. The molecular weight excluding hydrogens is 488 g/mol. The van der Waals surface area contributed by atoms with E-state index in [0.29, 0.717) is 18.4 Å². The van der Waals surface area contributed by atoms with Gasteiger partial charge in [0, 0.05) is 0 Å². The van der Waals surface area contributed by atoms with Gasteiger partial charge in [0.25, 0.3) is 5.91 Å². The molecule has 0 aliphatic rings. The molecule has 0 aliphatic heterocycles. The zero-order valence-electron chi connectivity index (χ0n) is 20.9. The third-order valence-electron chi connectivity index (χ3n) is 5.75. The zero-order chi connectivity index (χ0) is 28.1. The molecule has 0 heterocycles. The second-order valence-corrected chi connectivity index (χ2v) is 8.66. The summed E-state index contributed by atoms with van der Waals surface area (Å²) < 4.78 is 0. The molecular formula is C24H38N4O9. The van der Waals surface area contributed by atoms with Gasteiger partial charge in [-0.1, -0.05) is 50.6 Å². The van der Waals surface area contributed by atoms with Gasteiger partial charge in [0.1, 0.15) is 18.2 Å². The first kappa shape index (κ1) is 31.9. The van der Waals surface area contributed by atoms with E-state index in [1.165, 1.54) is 0 Å². The number of carboxylic acid groups (broad SMARTS) is 1. The Labute approximate surface area is 215 Å². The van der Waals surface area contributed by atoms with E-state index < -0.39 is 79.2 Å². The minimum absolute atomic E-state index is 0.155. The molecule has 7 atom stereocenters. The van der Waals surface area contributed by atoms with Gasteiger partial charge in [-0.2, -0.15) is 0 Å². The molecule has 13 nitrogen and oxygen atoms in total. The van der Waals surface area contributed by atoms with Gasteiger partial charge in [0.05, 0.1) is 31.2 Å². The van der Waals surface area contributed by atoms with E-state index in [9.17, 15) is 39.6 Å². The minimum Gasteiger partial charge on any atom is -0.481 e. The number of carboxylic acids is 1. The fraction of sp³-hybridized carbons (Fsp3) is 0.583. The lowest BCUT2D eigenvalue weighted by atomic mass is 9.98. The van der Waals surface area contributed by atoms with Crippen LogP contribution in [0.15, 0.2) is 30.3 Å². The smallest absolute Gasteiger partial charge is 0.305 e. The van der Waals surface area contributed by atoms with Crippen LogP contribution in [-0.4, -0.2) is 92.3 Å². The normalized spacial score (nSPS) is 16.8. The predicted molar refractivity (Wildman–Crippen MR) is 132 cm³/mol. The number of aliphatic carboxylic acids is 1. The molecule has 0 aromatic heterocycles. The minimum atomic E-state index is -2.23. The van der Waals surface area contributed by atoms with Crippen molar-refractivity contribution in [3.8, 4) is 0 Å². The molecule has 3 amide bonds. The van der Waals surface area contributed by atoms with Crippen LogP contribution in [0.1, 0.15) is 51.1 Å². The van der Waals surface area contributed by atoms with Crippen molar-refractivity contribution in [1.82, 2.24) is 16.0 Å². The molecule has 0 spiro atoms. The monoisotopic (exact) mass is 526 g/mol. The summed E-state index contributed by atoms with van der Waals surface area (Å²) in [4.78, 5) is 48.5. The first-order chi connectivity index (χ1) is 17.5. The number of carbonyl (C=O) groups is 4. The summed E-state index contributed by atoms with van der Waals surface area (Å²) in [6, 6.07) is 3.67. The summed E-state index contributed by atoms with van der Waals surface area (Å²) in [5, 5.41) is 57.1. The van der Waals surface area contributed by atoms with E-state index in [2.05, 4.69) is 16.0 Å². The number of aliphatic hydroxyl groups is 4. The highest BCUT2D eigenvalue weighted by Crippen LogP contribution is 2.17. The highest BCUT2D eigenvalue weighted by molar-refractivity contribution is 5.89. The Hall–Kier alpha value is -3.10. The van der Waals surface area contributed by atoms with Crippen LogP contribution >= 0.6 is 0 Å². The Balaban J connectivity index is 2.86. The second-order valence-electron chi connectivity index (χ2n) is 8.66. The third-order valence-corrected chi connectivity index (χ3v) is 5.75. The number of rotatable bonds is 16. The second kappa shape index (κ2) is 15.9. The Kier molecular flexibility index (Phi) is 13.7. The number of nitrogens with two attached hydrogens (primary N) is 1. The van der Waals surface area contributed by atoms with E-state index >= 15 is 0 Å². The maximum absolute atomic E-state index is 12.6. The molecule has 0 fully saturated rings. The van der Waals surface area contributed by atoms with Crippen molar-refractivity contribution in [2.24, 2.45) is 5.73 Å². The van der Waals surface area contributed by atoms with Gasteiger partial charge < -0.3 is 47.2 Å². The van der Waals surface area contributed by atoms with Gasteiger partial charge in [0.15, 0.2) is 6.10 Å². The summed E-state index contributed by atoms with van der Waals surface area (Å²) >= 11 is 0. The highest BCUT2D eigenvalue weighted by atomic mass is 16.4. The van der Waals surface area contributed by atoms with Crippen molar-refractivity contribution < 1.29 is 44.7 Å². The maximum atomic E-state index is 12.6. The van der Waals surface area contributed by atoms with Gasteiger partial charge in [-0.25, -0.2) is 0 Å². The quantitative estimate of drug-likeness (QED) is 0.114. The molecule has 37 heavy (non-hydrogen) atoms. The van der Waals surface area contributed by atoms with Crippen molar-refractivity contribution in [1.29, 1.82) is 0 Å². The lowest BCUT2D eigenvalue weighted by Crippen LogP contribution is -2.59. The molecule has 0 unspecified atom stereocenters. The van der Waals surface area contributed by atoms with Gasteiger partial charge in [-0.15, -0.1) is 0 Å². The summed E-state index contributed by atoms with van der Waals surface area (Å²) in [7, 11) is 0. The van der Waals surface area contributed by atoms with Gasteiger partial charge in [-0.05, 0) is 18.4 Å². The van der Waals surface area contributed by atoms with Crippen molar-refractivity contribution in [2.45, 2.75) is 82.0 Å². The van der Waals surface area contributed by atoms with E-state index in [-0.39, 0.29) is 6.42 Å². The predicted octanol–water partition coefficient (Wildman–Crippen LogP) is -2.10. The molecule has 13 heteroatoms. The molecule has 1 aromatic rings. The van der Waals surface area contributed by atoms with Crippen molar-refractivity contribution in [2.75, 3.05) is 6.61 Å². The summed E-state index contributed by atoms with van der Waals surface area (Å²) in [5.41, 5.74) is 6.19. The van der Waals surface area contributed by atoms with Crippen LogP contribution in [-0.2, 0) is 19.2 Å². The van der Waals surface area contributed by atoms with Crippen LogP contribution in [0.2, 0.25) is 0 Å². The van der Waals surface area contributed by atoms with E-state index in [0.717, 1.165) is 0 Å². The van der Waals surface area contributed by atoms with Crippen molar-refractivity contribution >= 4 is 23.7 Å². The highest BCUT2D eigenvalue weighted by Gasteiger charge is 2.37. The average Bonchev–Trinajstić information content (AvgIpc) is 2.88. The van der Waals surface area contributed by atoms with Crippen LogP contribution in [0.5, 0.6) is 0 Å². The Bertz CT molecular complexity index is 886. The molecule has 208 valence electrons. The largest absolute Gasteiger partial charge is 0.481 e. The fourth-order valence-electron chi connectivity index (χ4n) is 3.55. The fourth-order valence-corrected chi connectivity index (χ4v) is 3.55. The Morgan fingerprint density at radius 3 is 2.03 bits per heavy atom. The van der Waals surface area contributed by atoms with Crippen LogP contribution in [0.25, 0.3) is 0 Å². The van der Waals surface area contributed by atoms with Crippen molar-refractivity contribution in [3.63, 3.8) is 0 Å².